The molecule has 1 aliphatic carbocycles. The number of rotatable bonds is 3. The van der Waals surface area contributed by atoms with Gasteiger partial charge in [0.15, 0.2) is 0 Å². The Morgan fingerprint density at radius 2 is 1.60 bits per heavy atom. The lowest BCUT2D eigenvalue weighted by Crippen LogP contribution is -2.51. The SMILES string of the molecule is O=C(O)C(NC(=O)N1CC(O)C(O)C1)C1CCCCC1. The number of amides is 2. The van der Waals surface area contributed by atoms with E-state index in [4.69, 9.17) is 0 Å². The fraction of sp³-hybridized carbons (Fsp3) is 0.846. The third kappa shape index (κ3) is 3.40. The Balaban J connectivity index is 1.94. The number of nitrogens with zero attached hydrogens (tertiary/aromatic N) is 1. The van der Waals surface area contributed by atoms with Gasteiger partial charge in [0.25, 0.3) is 0 Å². The fourth-order valence-electron chi connectivity index (χ4n) is 3.01. The highest BCUT2D eigenvalue weighted by atomic mass is 16.4. The molecule has 0 spiro atoms. The van der Waals surface area contributed by atoms with Gasteiger partial charge in [0.1, 0.15) is 6.04 Å². The lowest BCUT2D eigenvalue weighted by Gasteiger charge is -2.29. The van der Waals surface area contributed by atoms with Crippen LogP contribution in [0.2, 0.25) is 0 Å². The number of likely N-dealkylation sites (tertiary alicyclic amines) is 1. The van der Waals surface area contributed by atoms with Crippen LogP contribution in [0.25, 0.3) is 0 Å². The molecular weight excluding hydrogens is 264 g/mol. The van der Waals surface area contributed by atoms with Crippen LogP contribution in [0, 0.1) is 5.92 Å². The van der Waals surface area contributed by atoms with Crippen molar-refractivity contribution in [3.05, 3.63) is 0 Å². The zero-order valence-corrected chi connectivity index (χ0v) is 11.4. The maximum atomic E-state index is 12.0. The molecule has 4 N–H and O–H groups in total. The third-order valence-corrected chi connectivity index (χ3v) is 4.21. The van der Waals surface area contributed by atoms with Gasteiger partial charge in [-0.1, -0.05) is 19.3 Å². The molecule has 114 valence electrons. The normalized spacial score (nSPS) is 29.2. The molecular formula is C13H22N2O5. The average Bonchev–Trinajstić information content (AvgIpc) is 2.76. The number of hydrogen-bond donors (Lipinski definition) is 4. The quantitative estimate of drug-likeness (QED) is 0.573. The number of β-amino-alcohol motifs (C(OH)–C–C–N with tert-alkyl or cyclic N) is 2. The van der Waals surface area contributed by atoms with E-state index in [2.05, 4.69) is 5.32 Å². The first-order chi connectivity index (χ1) is 9.49. The Morgan fingerprint density at radius 1 is 1.05 bits per heavy atom. The van der Waals surface area contributed by atoms with Crippen LogP contribution in [0.3, 0.4) is 0 Å². The van der Waals surface area contributed by atoms with Crippen molar-refractivity contribution >= 4 is 12.0 Å². The Labute approximate surface area is 117 Å². The molecule has 0 radical (unpaired) electrons. The summed E-state index contributed by atoms with van der Waals surface area (Å²) in [6, 6.07) is -1.42. The van der Waals surface area contributed by atoms with Crippen LogP contribution in [-0.2, 0) is 4.79 Å². The number of aliphatic carboxylic acids is 1. The van der Waals surface area contributed by atoms with Crippen molar-refractivity contribution in [1.82, 2.24) is 10.2 Å². The van der Waals surface area contributed by atoms with Gasteiger partial charge >= 0.3 is 12.0 Å². The molecule has 1 heterocycles. The topological polar surface area (TPSA) is 110 Å². The molecule has 2 rings (SSSR count). The van der Waals surface area contributed by atoms with Crippen LogP contribution >= 0.6 is 0 Å². The number of aliphatic hydroxyl groups excluding tert-OH is 2. The minimum Gasteiger partial charge on any atom is -0.480 e. The highest BCUT2D eigenvalue weighted by Crippen LogP contribution is 2.27. The molecule has 2 amide bonds. The first kappa shape index (κ1) is 15.1. The van der Waals surface area contributed by atoms with E-state index in [0.717, 1.165) is 32.1 Å². The number of carboxylic acids is 1. The van der Waals surface area contributed by atoms with Crippen molar-refractivity contribution in [3.8, 4) is 0 Å². The average molecular weight is 286 g/mol. The van der Waals surface area contributed by atoms with Crippen molar-refractivity contribution in [3.63, 3.8) is 0 Å². The van der Waals surface area contributed by atoms with Gasteiger partial charge in [-0.2, -0.15) is 0 Å². The van der Waals surface area contributed by atoms with E-state index in [1.165, 1.54) is 4.90 Å². The third-order valence-electron chi connectivity index (χ3n) is 4.21. The molecule has 1 saturated heterocycles. The van der Waals surface area contributed by atoms with Gasteiger partial charge in [-0.05, 0) is 18.8 Å². The zero-order chi connectivity index (χ0) is 14.7. The van der Waals surface area contributed by atoms with Crippen LogP contribution in [0.5, 0.6) is 0 Å². The number of aliphatic hydroxyl groups is 2. The Bertz CT molecular complexity index is 360. The summed E-state index contributed by atoms with van der Waals surface area (Å²) in [5, 5.41) is 30.7. The van der Waals surface area contributed by atoms with E-state index < -0.39 is 30.3 Å². The van der Waals surface area contributed by atoms with E-state index in [0.29, 0.717) is 0 Å². The van der Waals surface area contributed by atoms with Gasteiger partial charge in [0.2, 0.25) is 0 Å². The molecule has 7 nitrogen and oxygen atoms in total. The summed E-state index contributed by atoms with van der Waals surface area (Å²) in [6.07, 6.45) is 2.79. The number of urea groups is 1. The molecule has 3 unspecified atom stereocenters. The van der Waals surface area contributed by atoms with Crippen molar-refractivity contribution in [2.45, 2.75) is 50.4 Å². The second-order valence-electron chi connectivity index (χ2n) is 5.70. The molecule has 3 atom stereocenters. The highest BCUT2D eigenvalue weighted by molar-refractivity contribution is 5.83. The van der Waals surface area contributed by atoms with Crippen molar-refractivity contribution < 1.29 is 24.9 Å². The minimum atomic E-state index is -1.02. The second kappa shape index (κ2) is 6.41. The van der Waals surface area contributed by atoms with E-state index in [9.17, 15) is 24.9 Å². The highest BCUT2D eigenvalue weighted by Gasteiger charge is 2.36. The van der Waals surface area contributed by atoms with Gasteiger partial charge < -0.3 is 25.5 Å². The maximum absolute atomic E-state index is 12.0. The molecule has 20 heavy (non-hydrogen) atoms. The van der Waals surface area contributed by atoms with E-state index in [1.807, 2.05) is 0 Å². The Kier molecular flexibility index (Phi) is 4.82. The molecule has 0 aromatic heterocycles. The molecule has 1 aliphatic heterocycles. The predicted octanol–water partition coefficient (Wildman–Crippen LogP) is -0.233. The second-order valence-corrected chi connectivity index (χ2v) is 5.70. The molecule has 0 aromatic rings. The smallest absolute Gasteiger partial charge is 0.326 e. The van der Waals surface area contributed by atoms with Crippen molar-refractivity contribution in [2.75, 3.05) is 13.1 Å². The fourth-order valence-corrected chi connectivity index (χ4v) is 3.01. The van der Waals surface area contributed by atoms with Crippen LogP contribution in [0.4, 0.5) is 4.79 Å². The number of hydrogen-bond acceptors (Lipinski definition) is 4. The van der Waals surface area contributed by atoms with Crippen molar-refractivity contribution in [2.24, 2.45) is 5.92 Å². The van der Waals surface area contributed by atoms with Gasteiger partial charge in [-0.25, -0.2) is 9.59 Å². The molecule has 0 aromatic carbocycles. The van der Waals surface area contributed by atoms with E-state index in [-0.39, 0.29) is 19.0 Å². The summed E-state index contributed by atoms with van der Waals surface area (Å²) in [6.45, 7) is 0.0635. The summed E-state index contributed by atoms with van der Waals surface area (Å²) in [4.78, 5) is 24.6. The molecule has 0 bridgehead atoms. The first-order valence-corrected chi connectivity index (χ1v) is 7.13. The van der Waals surface area contributed by atoms with E-state index >= 15 is 0 Å². The summed E-state index contributed by atoms with van der Waals surface area (Å²) < 4.78 is 0. The first-order valence-electron chi connectivity index (χ1n) is 7.13. The Morgan fingerprint density at radius 3 is 2.10 bits per heavy atom. The summed E-state index contributed by atoms with van der Waals surface area (Å²) in [7, 11) is 0. The number of carbonyl (C=O) groups excluding carboxylic acids is 1. The lowest BCUT2D eigenvalue weighted by molar-refractivity contribution is -0.141. The van der Waals surface area contributed by atoms with E-state index in [1.54, 1.807) is 0 Å². The molecule has 2 aliphatic rings. The zero-order valence-electron chi connectivity index (χ0n) is 11.4. The molecule has 1 saturated carbocycles. The standard InChI is InChI=1S/C13H22N2O5/c16-9-6-15(7-10(9)17)13(20)14-11(12(18)19)8-4-2-1-3-5-8/h8-11,16-17H,1-7H2,(H,14,20)(H,18,19). The van der Waals surface area contributed by atoms with Gasteiger partial charge in [0, 0.05) is 0 Å². The van der Waals surface area contributed by atoms with Crippen LogP contribution in [0.15, 0.2) is 0 Å². The largest absolute Gasteiger partial charge is 0.480 e. The van der Waals surface area contributed by atoms with Gasteiger partial charge in [0.05, 0.1) is 25.3 Å². The molecule has 2 fully saturated rings. The van der Waals surface area contributed by atoms with Crippen molar-refractivity contribution in [1.29, 1.82) is 0 Å². The number of nitrogens with one attached hydrogen (secondary N) is 1. The summed E-state index contributed by atoms with van der Waals surface area (Å²) in [5.41, 5.74) is 0. The number of carbonyl (C=O) groups is 2. The van der Waals surface area contributed by atoms with Crippen LogP contribution in [-0.4, -0.2) is 63.6 Å². The van der Waals surface area contributed by atoms with Crippen LogP contribution in [0.1, 0.15) is 32.1 Å². The Hall–Kier alpha value is -1.34. The summed E-state index contributed by atoms with van der Waals surface area (Å²) >= 11 is 0. The summed E-state index contributed by atoms with van der Waals surface area (Å²) in [5.74, 6) is -1.06. The van der Waals surface area contributed by atoms with Gasteiger partial charge in [-0.3, -0.25) is 0 Å². The van der Waals surface area contributed by atoms with Gasteiger partial charge in [-0.15, -0.1) is 0 Å². The molecule has 7 heteroatoms. The minimum absolute atomic E-state index is 0.0318. The monoisotopic (exact) mass is 286 g/mol. The van der Waals surface area contributed by atoms with Crippen LogP contribution < -0.4 is 5.32 Å². The number of carboxylic acid groups (broad SMARTS) is 1. The lowest BCUT2D eigenvalue weighted by atomic mass is 9.84. The predicted molar refractivity (Wildman–Crippen MR) is 70.1 cm³/mol. The maximum Gasteiger partial charge on any atom is 0.326 e.